The SMILES string of the molecule is Nc1ccc(CNC(=O)[C@H](Cc2ccc(F)c(F)c2)NC(=O)CCc2ccccc2O)cn1. The van der Waals surface area contributed by atoms with Crippen LogP contribution >= 0.6 is 0 Å². The van der Waals surface area contributed by atoms with E-state index >= 15 is 0 Å². The Labute approximate surface area is 189 Å². The summed E-state index contributed by atoms with van der Waals surface area (Å²) in [5, 5.41) is 15.2. The summed E-state index contributed by atoms with van der Waals surface area (Å²) in [4.78, 5) is 29.3. The highest BCUT2D eigenvalue weighted by Gasteiger charge is 2.22. The first-order valence-corrected chi connectivity index (χ1v) is 10.3. The number of benzene rings is 2. The molecular weight excluding hydrogens is 430 g/mol. The third kappa shape index (κ3) is 6.99. The fourth-order valence-electron chi connectivity index (χ4n) is 3.20. The van der Waals surface area contributed by atoms with Crippen LogP contribution in [0.25, 0.3) is 0 Å². The Morgan fingerprint density at radius 3 is 2.48 bits per heavy atom. The Kier molecular flexibility index (Phi) is 7.91. The van der Waals surface area contributed by atoms with E-state index in [1.807, 2.05) is 0 Å². The van der Waals surface area contributed by atoms with Crippen molar-refractivity contribution in [1.82, 2.24) is 15.6 Å². The van der Waals surface area contributed by atoms with Gasteiger partial charge in [-0.3, -0.25) is 9.59 Å². The van der Waals surface area contributed by atoms with Crippen molar-refractivity contribution in [1.29, 1.82) is 0 Å². The Morgan fingerprint density at radius 2 is 1.79 bits per heavy atom. The second-order valence-corrected chi connectivity index (χ2v) is 7.51. The minimum atomic E-state index is -1.04. The van der Waals surface area contributed by atoms with Crippen LogP contribution in [0.2, 0.25) is 0 Å². The fourth-order valence-corrected chi connectivity index (χ4v) is 3.20. The molecule has 172 valence electrons. The zero-order valence-electron chi connectivity index (χ0n) is 17.7. The molecule has 0 saturated carbocycles. The van der Waals surface area contributed by atoms with Crippen molar-refractivity contribution in [2.24, 2.45) is 0 Å². The molecule has 0 bridgehead atoms. The monoisotopic (exact) mass is 454 g/mol. The summed E-state index contributed by atoms with van der Waals surface area (Å²) in [7, 11) is 0. The predicted molar refractivity (Wildman–Crippen MR) is 119 cm³/mol. The summed E-state index contributed by atoms with van der Waals surface area (Å²) in [6.45, 7) is 0.147. The maximum absolute atomic E-state index is 13.6. The minimum absolute atomic E-state index is 0.0288. The zero-order valence-corrected chi connectivity index (χ0v) is 17.7. The number of nitrogens with zero attached hydrogens (tertiary/aromatic N) is 1. The summed E-state index contributed by atoms with van der Waals surface area (Å²) >= 11 is 0. The molecular formula is C24H24F2N4O3. The van der Waals surface area contributed by atoms with Gasteiger partial charge in [-0.25, -0.2) is 13.8 Å². The molecule has 3 rings (SSSR count). The average Bonchev–Trinajstić information content (AvgIpc) is 2.80. The van der Waals surface area contributed by atoms with Crippen molar-refractivity contribution in [2.75, 3.05) is 5.73 Å². The topological polar surface area (TPSA) is 117 Å². The third-order valence-corrected chi connectivity index (χ3v) is 5.00. The van der Waals surface area contributed by atoms with E-state index in [1.54, 1.807) is 30.3 Å². The van der Waals surface area contributed by atoms with Crippen LogP contribution in [0.5, 0.6) is 5.75 Å². The lowest BCUT2D eigenvalue weighted by molar-refractivity contribution is -0.129. The first-order valence-electron chi connectivity index (χ1n) is 10.3. The van der Waals surface area contributed by atoms with Crippen LogP contribution in [0.4, 0.5) is 14.6 Å². The molecule has 2 amide bonds. The molecule has 0 aliphatic heterocycles. The van der Waals surface area contributed by atoms with Gasteiger partial charge >= 0.3 is 0 Å². The normalized spacial score (nSPS) is 11.6. The molecule has 0 spiro atoms. The fraction of sp³-hybridized carbons (Fsp3) is 0.208. The molecule has 0 saturated heterocycles. The van der Waals surface area contributed by atoms with Gasteiger partial charge in [-0.05, 0) is 47.4 Å². The molecule has 7 nitrogen and oxygen atoms in total. The highest BCUT2D eigenvalue weighted by atomic mass is 19.2. The van der Waals surface area contributed by atoms with Gasteiger partial charge in [0.25, 0.3) is 0 Å². The Balaban J connectivity index is 1.67. The van der Waals surface area contributed by atoms with Crippen LogP contribution < -0.4 is 16.4 Å². The number of nitrogen functional groups attached to an aromatic ring is 1. The van der Waals surface area contributed by atoms with Crippen molar-refractivity contribution in [3.8, 4) is 5.75 Å². The van der Waals surface area contributed by atoms with E-state index in [0.29, 0.717) is 22.5 Å². The van der Waals surface area contributed by atoms with Crippen LogP contribution in [-0.4, -0.2) is 27.9 Å². The standard InChI is InChI=1S/C24H24F2N4O3/c25-18-8-5-15(11-19(18)26)12-20(24(33)29-14-16-6-9-22(27)28-13-16)30-23(32)10-7-17-3-1-2-4-21(17)31/h1-6,8-9,11,13,20,31H,7,10,12,14H2,(H2,27,28)(H,29,33)(H,30,32)/t20-/m0/s1. The lowest BCUT2D eigenvalue weighted by atomic mass is 10.0. The molecule has 1 atom stereocenters. The van der Waals surface area contributed by atoms with Crippen LogP contribution in [0.15, 0.2) is 60.8 Å². The molecule has 1 aromatic heterocycles. The van der Waals surface area contributed by atoms with Gasteiger partial charge in [-0.2, -0.15) is 0 Å². The number of para-hydroxylation sites is 1. The number of phenols is 1. The molecule has 0 aliphatic carbocycles. The number of halogens is 2. The van der Waals surface area contributed by atoms with Crippen molar-refractivity contribution in [3.05, 3.63) is 89.1 Å². The molecule has 0 radical (unpaired) electrons. The van der Waals surface area contributed by atoms with Gasteiger partial charge in [0.15, 0.2) is 11.6 Å². The second kappa shape index (κ2) is 11.0. The van der Waals surface area contributed by atoms with Gasteiger partial charge in [0.2, 0.25) is 11.8 Å². The predicted octanol–water partition coefficient (Wildman–Crippen LogP) is 2.62. The number of carbonyl (C=O) groups is 2. The summed E-state index contributed by atoms with van der Waals surface area (Å²) < 4.78 is 26.9. The van der Waals surface area contributed by atoms with Gasteiger partial charge in [0.1, 0.15) is 17.6 Å². The third-order valence-electron chi connectivity index (χ3n) is 5.00. The number of aromatic nitrogens is 1. The summed E-state index contributed by atoms with van der Waals surface area (Å²) in [6.07, 6.45) is 1.78. The van der Waals surface area contributed by atoms with Crippen molar-refractivity contribution >= 4 is 17.6 Å². The van der Waals surface area contributed by atoms with E-state index in [0.717, 1.165) is 12.1 Å². The average molecular weight is 454 g/mol. The van der Waals surface area contributed by atoms with E-state index in [4.69, 9.17) is 5.73 Å². The number of rotatable bonds is 9. The van der Waals surface area contributed by atoms with Crippen LogP contribution in [0.3, 0.4) is 0 Å². The number of nitrogens with two attached hydrogens (primary N) is 1. The number of pyridine rings is 1. The Bertz CT molecular complexity index is 1120. The second-order valence-electron chi connectivity index (χ2n) is 7.51. The van der Waals surface area contributed by atoms with E-state index in [1.165, 1.54) is 18.3 Å². The lowest BCUT2D eigenvalue weighted by Crippen LogP contribution is -2.47. The van der Waals surface area contributed by atoms with Crippen molar-refractivity contribution in [2.45, 2.75) is 31.8 Å². The summed E-state index contributed by atoms with van der Waals surface area (Å²) in [6, 6.07) is 12.3. The molecule has 0 aliphatic rings. The number of anilines is 1. The Hall–Kier alpha value is -4.01. The number of aryl methyl sites for hydroxylation is 1. The smallest absolute Gasteiger partial charge is 0.243 e. The summed E-state index contributed by atoms with van der Waals surface area (Å²) in [5.74, 6) is -2.52. The molecule has 3 aromatic rings. The van der Waals surface area contributed by atoms with Crippen LogP contribution in [0.1, 0.15) is 23.1 Å². The van der Waals surface area contributed by atoms with E-state index in [9.17, 15) is 23.5 Å². The maximum atomic E-state index is 13.6. The van der Waals surface area contributed by atoms with Crippen molar-refractivity contribution in [3.63, 3.8) is 0 Å². The van der Waals surface area contributed by atoms with Crippen LogP contribution in [-0.2, 0) is 29.0 Å². The maximum Gasteiger partial charge on any atom is 0.243 e. The van der Waals surface area contributed by atoms with Gasteiger partial charge in [0.05, 0.1) is 0 Å². The number of carbonyl (C=O) groups excluding carboxylic acids is 2. The molecule has 9 heteroatoms. The van der Waals surface area contributed by atoms with E-state index in [2.05, 4.69) is 15.6 Å². The number of amides is 2. The first kappa shape index (κ1) is 23.6. The molecule has 0 unspecified atom stereocenters. The van der Waals surface area contributed by atoms with E-state index < -0.39 is 29.5 Å². The number of hydrogen-bond donors (Lipinski definition) is 4. The highest BCUT2D eigenvalue weighted by Crippen LogP contribution is 2.17. The van der Waals surface area contributed by atoms with Gasteiger partial charge < -0.3 is 21.5 Å². The number of phenolic OH excluding ortho intramolecular Hbond substituents is 1. The summed E-state index contributed by atoms with van der Waals surface area (Å²) in [5.41, 5.74) is 7.21. The Morgan fingerprint density at radius 1 is 1.03 bits per heavy atom. The molecule has 0 fully saturated rings. The van der Waals surface area contributed by atoms with Gasteiger partial charge in [-0.15, -0.1) is 0 Å². The zero-order chi connectivity index (χ0) is 23.8. The van der Waals surface area contributed by atoms with Gasteiger partial charge in [-0.1, -0.05) is 30.3 Å². The van der Waals surface area contributed by atoms with Gasteiger partial charge in [0, 0.05) is 25.6 Å². The largest absolute Gasteiger partial charge is 0.508 e. The highest BCUT2D eigenvalue weighted by molar-refractivity contribution is 5.88. The minimum Gasteiger partial charge on any atom is -0.508 e. The first-order chi connectivity index (χ1) is 15.8. The molecule has 1 heterocycles. The number of aromatic hydroxyl groups is 1. The van der Waals surface area contributed by atoms with Crippen molar-refractivity contribution < 1.29 is 23.5 Å². The number of hydrogen-bond acceptors (Lipinski definition) is 5. The molecule has 2 aromatic carbocycles. The van der Waals surface area contributed by atoms with Crippen LogP contribution in [0, 0.1) is 11.6 Å². The quantitative estimate of drug-likeness (QED) is 0.397. The lowest BCUT2D eigenvalue weighted by Gasteiger charge is -2.19. The molecule has 5 N–H and O–H groups in total. The number of nitrogens with one attached hydrogen (secondary N) is 2. The molecule has 33 heavy (non-hydrogen) atoms. The van der Waals surface area contributed by atoms with E-state index in [-0.39, 0.29) is 31.6 Å².